The standard InChI is InChI=1S/C27H27ClN2O7S4/c1-2-18(15-25-29(10-3-13-40(31,32)33)21-17-19(28)5-7-23(21)38-25)16-26-30(11-4-14-41(34,35)36)27-20-9-12-37-22(20)6-8-24(27)39-26/h5-9,12,15-17H,2-4,10-11,13-14H2,1H3,(H-,31,32,33,34,35,36)/p-1. The molecule has 14 heteroatoms. The third-order valence-corrected chi connectivity index (χ3v) is 10.6. The van der Waals surface area contributed by atoms with Gasteiger partial charge in [-0.25, -0.2) is 16.8 Å². The Morgan fingerprint density at radius 3 is 2.56 bits per heavy atom. The molecule has 2 aromatic carbocycles. The summed E-state index contributed by atoms with van der Waals surface area (Å²) in [5, 5.41) is 3.22. The van der Waals surface area contributed by atoms with Crippen molar-refractivity contribution in [2.75, 3.05) is 23.0 Å². The van der Waals surface area contributed by atoms with E-state index in [1.165, 1.54) is 11.8 Å². The second-order valence-corrected chi connectivity index (χ2v) is 15.1. The van der Waals surface area contributed by atoms with E-state index in [9.17, 15) is 25.9 Å². The van der Waals surface area contributed by atoms with Crippen molar-refractivity contribution in [2.45, 2.75) is 37.6 Å². The Hall–Kier alpha value is -2.39. The lowest BCUT2D eigenvalue weighted by Crippen LogP contribution is -2.36. The number of allylic oxidation sites excluding steroid dienone is 2. The number of thiazole rings is 1. The van der Waals surface area contributed by atoms with Gasteiger partial charge < -0.3 is 18.4 Å². The zero-order chi connectivity index (χ0) is 29.4. The van der Waals surface area contributed by atoms with Crippen LogP contribution in [-0.4, -0.2) is 44.0 Å². The molecule has 0 saturated carbocycles. The van der Waals surface area contributed by atoms with Gasteiger partial charge in [0.05, 0.1) is 42.6 Å². The summed E-state index contributed by atoms with van der Waals surface area (Å²) in [6.45, 7) is 2.69. The molecule has 0 fully saturated rings. The highest BCUT2D eigenvalue weighted by Crippen LogP contribution is 2.47. The number of thioether (sulfide) groups is 1. The molecule has 2 aromatic heterocycles. The van der Waals surface area contributed by atoms with Crippen LogP contribution in [0.1, 0.15) is 31.2 Å². The fraction of sp³-hybridized carbons (Fsp3) is 0.296. The van der Waals surface area contributed by atoms with Crippen LogP contribution >= 0.6 is 34.7 Å². The Bertz CT molecular complexity index is 1890. The lowest BCUT2D eigenvalue weighted by molar-refractivity contribution is -0.667. The molecule has 9 nitrogen and oxygen atoms in total. The smallest absolute Gasteiger partial charge is 0.263 e. The molecular formula is C27H26ClN2O7S4-. The first-order valence-corrected chi connectivity index (χ1v) is 18.0. The number of benzene rings is 2. The quantitative estimate of drug-likeness (QED) is 0.147. The van der Waals surface area contributed by atoms with Gasteiger partial charge in [0.15, 0.2) is 6.54 Å². The number of anilines is 1. The number of fused-ring (bicyclic) bond motifs is 4. The molecule has 3 heterocycles. The van der Waals surface area contributed by atoms with Crippen LogP contribution < -0.4 is 9.47 Å². The minimum Gasteiger partial charge on any atom is -0.748 e. The van der Waals surface area contributed by atoms with Gasteiger partial charge in [-0.15, -0.1) is 0 Å². The molecule has 0 saturated heterocycles. The summed E-state index contributed by atoms with van der Waals surface area (Å²) >= 11 is 9.36. The van der Waals surface area contributed by atoms with Gasteiger partial charge in [0, 0.05) is 40.5 Å². The van der Waals surface area contributed by atoms with E-state index >= 15 is 0 Å². The van der Waals surface area contributed by atoms with Crippen molar-refractivity contribution in [1.29, 1.82) is 0 Å². The van der Waals surface area contributed by atoms with Crippen molar-refractivity contribution in [3.63, 3.8) is 0 Å². The summed E-state index contributed by atoms with van der Waals surface area (Å²) in [4.78, 5) is 2.95. The molecule has 0 atom stereocenters. The van der Waals surface area contributed by atoms with Crippen LogP contribution in [-0.2, 0) is 26.8 Å². The summed E-state index contributed by atoms with van der Waals surface area (Å²) in [6, 6.07) is 11.3. The molecule has 0 N–H and O–H groups in total. The van der Waals surface area contributed by atoms with Gasteiger partial charge in [-0.05, 0) is 60.9 Å². The molecule has 4 aromatic rings. The van der Waals surface area contributed by atoms with Crippen molar-refractivity contribution in [3.8, 4) is 0 Å². The van der Waals surface area contributed by atoms with Gasteiger partial charge in [0.2, 0.25) is 5.52 Å². The summed E-state index contributed by atoms with van der Waals surface area (Å²) in [7, 11) is -8.69. The number of nitrogens with zero attached hydrogens (tertiary/aromatic N) is 2. The van der Waals surface area contributed by atoms with E-state index in [4.69, 9.17) is 16.0 Å². The van der Waals surface area contributed by atoms with Gasteiger partial charge in [-0.1, -0.05) is 41.6 Å². The maximum Gasteiger partial charge on any atom is 0.263 e. The second-order valence-electron chi connectivity index (χ2n) is 9.49. The lowest BCUT2D eigenvalue weighted by atomic mass is 10.2. The first kappa shape index (κ1) is 30.1. The highest BCUT2D eigenvalue weighted by molar-refractivity contribution is 8.03. The van der Waals surface area contributed by atoms with Crippen molar-refractivity contribution < 1.29 is 34.9 Å². The third-order valence-electron chi connectivity index (χ3n) is 6.59. The van der Waals surface area contributed by atoms with Gasteiger partial charge in [0.1, 0.15) is 10.3 Å². The van der Waals surface area contributed by atoms with E-state index in [0.717, 1.165) is 41.8 Å². The Morgan fingerprint density at radius 2 is 1.83 bits per heavy atom. The molecule has 218 valence electrons. The second kappa shape index (κ2) is 12.1. The number of aromatic nitrogens is 1. The molecule has 41 heavy (non-hydrogen) atoms. The van der Waals surface area contributed by atoms with Gasteiger partial charge >= 0.3 is 0 Å². The Kier molecular flexibility index (Phi) is 8.86. The van der Waals surface area contributed by atoms with Crippen molar-refractivity contribution >= 4 is 87.9 Å². The first-order chi connectivity index (χ1) is 19.4. The predicted octanol–water partition coefficient (Wildman–Crippen LogP) is 5.71. The van der Waals surface area contributed by atoms with Crippen LogP contribution in [0.2, 0.25) is 5.02 Å². The van der Waals surface area contributed by atoms with E-state index in [1.54, 1.807) is 23.7 Å². The fourth-order valence-corrected chi connectivity index (χ4v) is 8.21. The normalized spacial score (nSPS) is 15.5. The van der Waals surface area contributed by atoms with Crippen LogP contribution in [0.15, 0.2) is 68.7 Å². The van der Waals surface area contributed by atoms with Crippen LogP contribution in [0.3, 0.4) is 0 Å². The maximum absolute atomic E-state index is 11.3. The van der Waals surface area contributed by atoms with Crippen molar-refractivity contribution in [2.24, 2.45) is 0 Å². The largest absolute Gasteiger partial charge is 0.748 e. The molecule has 0 aliphatic carbocycles. The van der Waals surface area contributed by atoms with E-state index in [-0.39, 0.29) is 12.8 Å². The molecule has 5 rings (SSSR count). The molecule has 0 bridgehead atoms. The lowest BCUT2D eigenvalue weighted by Gasteiger charge is -2.21. The molecule has 1 aliphatic heterocycles. The number of rotatable bonds is 11. The molecule has 0 radical (unpaired) electrons. The van der Waals surface area contributed by atoms with E-state index in [1.807, 2.05) is 58.9 Å². The molecule has 0 spiro atoms. The summed E-state index contributed by atoms with van der Waals surface area (Å²) < 4.78 is 76.2. The minimum atomic E-state index is -4.35. The van der Waals surface area contributed by atoms with Crippen LogP contribution in [0.4, 0.5) is 5.69 Å². The van der Waals surface area contributed by atoms with Crippen LogP contribution in [0.5, 0.6) is 0 Å². The van der Waals surface area contributed by atoms with Crippen LogP contribution in [0, 0.1) is 0 Å². The summed E-state index contributed by atoms with van der Waals surface area (Å²) in [5.41, 5.74) is 3.46. The van der Waals surface area contributed by atoms with Gasteiger partial charge in [0.25, 0.3) is 5.01 Å². The number of furan rings is 1. The van der Waals surface area contributed by atoms with Gasteiger partial charge in [-0.3, -0.25) is 0 Å². The summed E-state index contributed by atoms with van der Waals surface area (Å²) in [5.74, 6) is -0.921. The van der Waals surface area contributed by atoms with E-state index < -0.39 is 31.7 Å². The van der Waals surface area contributed by atoms with E-state index in [0.29, 0.717) is 30.1 Å². The molecule has 1 aliphatic rings. The SMILES string of the molecule is CCC(/C=C1\Sc2ccc(Cl)cc2N1CCCS(=O)(=O)[O-])=C\c1sc2ccc3occc3c2[n+]1CCCS(=O)(=O)[O-]. The fourth-order valence-electron chi connectivity index (χ4n) is 4.75. The highest BCUT2D eigenvalue weighted by Gasteiger charge is 2.27. The predicted molar refractivity (Wildman–Crippen MR) is 161 cm³/mol. The van der Waals surface area contributed by atoms with Crippen molar-refractivity contribution in [1.82, 2.24) is 0 Å². The molecule has 0 unspecified atom stereocenters. The molecular weight excluding hydrogens is 628 g/mol. The molecule has 0 amide bonds. The van der Waals surface area contributed by atoms with Crippen molar-refractivity contribution in [3.05, 3.63) is 69.4 Å². The Labute approximate surface area is 251 Å². The Balaban J connectivity index is 1.55. The average Bonchev–Trinajstić information content (AvgIpc) is 3.58. The Morgan fingerprint density at radius 1 is 1.07 bits per heavy atom. The minimum absolute atomic E-state index is 0.167. The zero-order valence-corrected chi connectivity index (χ0v) is 25.9. The zero-order valence-electron chi connectivity index (χ0n) is 21.9. The van der Waals surface area contributed by atoms with E-state index in [2.05, 4.69) is 0 Å². The number of hydrogen-bond donors (Lipinski definition) is 0. The monoisotopic (exact) mass is 653 g/mol. The number of halogens is 1. The number of aryl methyl sites for hydroxylation is 1. The van der Waals surface area contributed by atoms with Gasteiger partial charge in [-0.2, -0.15) is 4.57 Å². The number of hydrogen-bond acceptors (Lipinski definition) is 10. The summed E-state index contributed by atoms with van der Waals surface area (Å²) in [6.07, 6.45) is 6.71. The van der Waals surface area contributed by atoms with Crippen LogP contribution in [0.25, 0.3) is 27.3 Å². The maximum atomic E-state index is 11.3. The first-order valence-electron chi connectivity index (χ1n) is 12.8. The third kappa shape index (κ3) is 7.16. The highest BCUT2D eigenvalue weighted by atomic mass is 35.5. The topological polar surface area (TPSA) is 135 Å². The average molecular weight is 654 g/mol.